The van der Waals surface area contributed by atoms with E-state index >= 15 is 0 Å². The van der Waals surface area contributed by atoms with Crippen LogP contribution in [-0.2, 0) is 6.42 Å². The van der Waals surface area contributed by atoms with Crippen LogP contribution >= 0.6 is 34.3 Å². The molecule has 1 aromatic carbocycles. The van der Waals surface area contributed by atoms with Gasteiger partial charge in [0.15, 0.2) is 0 Å². The van der Waals surface area contributed by atoms with E-state index in [1.54, 1.807) is 12.1 Å². The van der Waals surface area contributed by atoms with Crippen molar-refractivity contribution in [3.8, 4) is 21.3 Å². The van der Waals surface area contributed by atoms with Crippen LogP contribution in [0.1, 0.15) is 28.0 Å². The standard InChI is InChI=1S/C21H17ClN4O2S2/c1-3-13-10-17(27)26-19(24-13)12-5-4-6-14(9-12)25-20(28)18-11(2)23-21(30-18)15-7-8-16(22)29-15/h4-10H,3H2,1-2H3,(H,25,28)(H,24,26,27). The lowest BCUT2D eigenvalue weighted by atomic mass is 10.1. The molecular weight excluding hydrogens is 440 g/mol. The van der Waals surface area contributed by atoms with E-state index in [0.717, 1.165) is 15.4 Å². The first-order chi connectivity index (χ1) is 14.4. The Morgan fingerprint density at radius 1 is 1.17 bits per heavy atom. The number of aromatic nitrogens is 3. The third-order valence-electron chi connectivity index (χ3n) is 4.34. The fourth-order valence-corrected chi connectivity index (χ4v) is 4.96. The molecule has 30 heavy (non-hydrogen) atoms. The second kappa shape index (κ2) is 8.51. The normalized spacial score (nSPS) is 10.9. The number of hydrogen-bond acceptors (Lipinski definition) is 6. The maximum absolute atomic E-state index is 12.9. The lowest BCUT2D eigenvalue weighted by Gasteiger charge is -2.07. The van der Waals surface area contributed by atoms with E-state index in [1.807, 2.05) is 38.1 Å². The molecule has 2 N–H and O–H groups in total. The summed E-state index contributed by atoms with van der Waals surface area (Å²) in [6, 6.07) is 12.4. The molecule has 1 amide bonds. The number of aryl methyl sites for hydroxylation is 2. The van der Waals surface area contributed by atoms with Crippen LogP contribution in [0.25, 0.3) is 21.3 Å². The first-order valence-electron chi connectivity index (χ1n) is 9.18. The van der Waals surface area contributed by atoms with Gasteiger partial charge in [-0.05, 0) is 37.6 Å². The minimum absolute atomic E-state index is 0.201. The number of amides is 1. The van der Waals surface area contributed by atoms with Crippen LogP contribution < -0.4 is 10.9 Å². The zero-order chi connectivity index (χ0) is 21.3. The van der Waals surface area contributed by atoms with Gasteiger partial charge in [-0.15, -0.1) is 22.7 Å². The number of thiazole rings is 1. The van der Waals surface area contributed by atoms with Gasteiger partial charge < -0.3 is 10.3 Å². The number of nitrogens with one attached hydrogen (secondary N) is 2. The minimum atomic E-state index is -0.236. The molecule has 0 aliphatic rings. The van der Waals surface area contributed by atoms with E-state index in [0.29, 0.717) is 38.5 Å². The number of H-pyrrole nitrogens is 1. The minimum Gasteiger partial charge on any atom is -0.321 e. The van der Waals surface area contributed by atoms with Crippen LogP contribution in [0.3, 0.4) is 0 Å². The summed E-state index contributed by atoms with van der Waals surface area (Å²) in [5.41, 5.74) is 2.50. The third-order valence-corrected chi connectivity index (χ3v) is 6.89. The van der Waals surface area contributed by atoms with Gasteiger partial charge in [-0.2, -0.15) is 0 Å². The molecule has 0 saturated heterocycles. The predicted molar refractivity (Wildman–Crippen MR) is 123 cm³/mol. The van der Waals surface area contributed by atoms with Gasteiger partial charge >= 0.3 is 0 Å². The second-order valence-electron chi connectivity index (χ2n) is 6.51. The van der Waals surface area contributed by atoms with Crippen LogP contribution in [0, 0.1) is 6.92 Å². The van der Waals surface area contributed by atoms with Gasteiger partial charge in [0.2, 0.25) is 0 Å². The Kier molecular flexibility index (Phi) is 5.80. The quantitative estimate of drug-likeness (QED) is 0.421. The van der Waals surface area contributed by atoms with E-state index in [-0.39, 0.29) is 11.5 Å². The van der Waals surface area contributed by atoms with E-state index in [2.05, 4.69) is 20.3 Å². The molecule has 0 atom stereocenters. The summed E-state index contributed by atoms with van der Waals surface area (Å²) in [4.78, 5) is 37.9. The van der Waals surface area contributed by atoms with Crippen molar-refractivity contribution >= 4 is 45.9 Å². The highest BCUT2D eigenvalue weighted by Crippen LogP contribution is 2.35. The Bertz CT molecular complexity index is 1290. The molecule has 0 aliphatic carbocycles. The summed E-state index contributed by atoms with van der Waals surface area (Å²) in [5, 5.41) is 3.68. The SMILES string of the molecule is CCc1cc(=O)[nH]c(-c2cccc(NC(=O)c3sc(-c4ccc(Cl)s4)nc3C)c2)n1. The Balaban J connectivity index is 1.59. The van der Waals surface area contributed by atoms with Crippen molar-refractivity contribution < 1.29 is 4.79 Å². The first kappa shape index (κ1) is 20.5. The van der Waals surface area contributed by atoms with Gasteiger partial charge in [0, 0.05) is 23.0 Å². The molecule has 9 heteroatoms. The molecule has 6 nitrogen and oxygen atoms in total. The van der Waals surface area contributed by atoms with E-state index in [1.165, 1.54) is 28.7 Å². The zero-order valence-corrected chi connectivity index (χ0v) is 18.5. The van der Waals surface area contributed by atoms with Crippen molar-refractivity contribution in [1.82, 2.24) is 15.0 Å². The highest BCUT2D eigenvalue weighted by atomic mass is 35.5. The number of benzene rings is 1. The number of hydrogen-bond donors (Lipinski definition) is 2. The molecule has 152 valence electrons. The van der Waals surface area contributed by atoms with Crippen LogP contribution in [0.4, 0.5) is 5.69 Å². The number of carbonyl (C=O) groups excluding carboxylic acids is 1. The molecule has 0 aliphatic heterocycles. The molecule has 0 spiro atoms. The Labute approximate surface area is 185 Å². The Hall–Kier alpha value is -2.81. The van der Waals surface area contributed by atoms with Crippen molar-refractivity contribution in [1.29, 1.82) is 0 Å². The number of halogens is 1. The topological polar surface area (TPSA) is 87.7 Å². The predicted octanol–water partition coefficient (Wildman–Crippen LogP) is 5.40. The van der Waals surface area contributed by atoms with Crippen LogP contribution in [0.2, 0.25) is 4.34 Å². The molecule has 4 rings (SSSR count). The number of aromatic amines is 1. The second-order valence-corrected chi connectivity index (χ2v) is 9.23. The Morgan fingerprint density at radius 3 is 2.73 bits per heavy atom. The lowest BCUT2D eigenvalue weighted by molar-refractivity contribution is 0.103. The van der Waals surface area contributed by atoms with E-state index < -0.39 is 0 Å². The molecule has 0 fully saturated rings. The number of carbonyl (C=O) groups is 1. The van der Waals surface area contributed by atoms with Crippen LogP contribution in [-0.4, -0.2) is 20.9 Å². The molecule has 3 aromatic heterocycles. The van der Waals surface area contributed by atoms with Crippen LogP contribution in [0.5, 0.6) is 0 Å². The largest absolute Gasteiger partial charge is 0.321 e. The molecule has 0 unspecified atom stereocenters. The summed E-state index contributed by atoms with van der Waals surface area (Å²) in [6.45, 7) is 3.75. The fraction of sp³-hybridized carbons (Fsp3) is 0.143. The average Bonchev–Trinajstić information content (AvgIpc) is 3.33. The maximum Gasteiger partial charge on any atom is 0.267 e. The summed E-state index contributed by atoms with van der Waals surface area (Å²) < 4.78 is 0.680. The number of nitrogens with zero attached hydrogens (tertiary/aromatic N) is 2. The molecule has 3 heterocycles. The van der Waals surface area contributed by atoms with Gasteiger partial charge in [-0.25, -0.2) is 9.97 Å². The van der Waals surface area contributed by atoms with Gasteiger partial charge in [0.05, 0.1) is 14.9 Å². The van der Waals surface area contributed by atoms with Crippen molar-refractivity contribution in [2.24, 2.45) is 0 Å². The highest BCUT2D eigenvalue weighted by Gasteiger charge is 2.17. The third kappa shape index (κ3) is 4.35. The summed E-state index contributed by atoms with van der Waals surface area (Å²) in [7, 11) is 0. The summed E-state index contributed by atoms with van der Waals surface area (Å²) in [5.74, 6) is 0.237. The highest BCUT2D eigenvalue weighted by molar-refractivity contribution is 7.24. The van der Waals surface area contributed by atoms with Gasteiger partial charge in [-0.1, -0.05) is 30.7 Å². The molecular formula is C21H17ClN4O2S2. The number of thiophene rings is 1. The van der Waals surface area contributed by atoms with Crippen LogP contribution in [0.15, 0.2) is 47.3 Å². The maximum atomic E-state index is 12.9. The van der Waals surface area contributed by atoms with Crippen molar-refractivity contribution in [3.05, 3.63) is 73.4 Å². The molecule has 0 radical (unpaired) electrons. The molecule has 0 saturated carbocycles. The summed E-state index contributed by atoms with van der Waals surface area (Å²) in [6.07, 6.45) is 0.662. The first-order valence-corrected chi connectivity index (χ1v) is 11.2. The monoisotopic (exact) mass is 456 g/mol. The van der Waals surface area contributed by atoms with Gasteiger partial charge in [0.25, 0.3) is 11.5 Å². The summed E-state index contributed by atoms with van der Waals surface area (Å²) >= 11 is 8.77. The van der Waals surface area contributed by atoms with E-state index in [9.17, 15) is 9.59 Å². The Morgan fingerprint density at radius 2 is 2.00 bits per heavy atom. The fourth-order valence-electron chi connectivity index (χ4n) is 2.90. The van der Waals surface area contributed by atoms with Crippen molar-refractivity contribution in [2.75, 3.05) is 5.32 Å². The van der Waals surface area contributed by atoms with Crippen molar-refractivity contribution in [3.63, 3.8) is 0 Å². The average molecular weight is 457 g/mol. The smallest absolute Gasteiger partial charge is 0.267 e. The van der Waals surface area contributed by atoms with E-state index in [4.69, 9.17) is 11.6 Å². The molecule has 4 aromatic rings. The molecule has 0 bridgehead atoms. The lowest BCUT2D eigenvalue weighted by Crippen LogP contribution is -2.12. The zero-order valence-electron chi connectivity index (χ0n) is 16.2. The number of rotatable bonds is 5. The number of anilines is 1. The van der Waals surface area contributed by atoms with Crippen molar-refractivity contribution in [2.45, 2.75) is 20.3 Å². The van der Waals surface area contributed by atoms with Gasteiger partial charge in [-0.3, -0.25) is 9.59 Å². The van der Waals surface area contributed by atoms with Gasteiger partial charge in [0.1, 0.15) is 15.7 Å².